The molecule has 0 N–H and O–H groups in total. The lowest BCUT2D eigenvalue weighted by atomic mass is 10.0. The molecule has 1 fully saturated rings. The highest BCUT2D eigenvalue weighted by atomic mass is 19.4. The Hall–Kier alpha value is -1.56. The highest BCUT2D eigenvalue weighted by Crippen LogP contribution is 2.32. The largest absolute Gasteiger partial charge is 0.417 e. The SMILES string of the molecule is CCCN(CC1CCOC1)C(=O)c1ccccc1C(F)(F)F. The summed E-state index contributed by atoms with van der Waals surface area (Å²) in [5, 5.41) is 0. The Bertz CT molecular complexity index is 510. The highest BCUT2D eigenvalue weighted by Gasteiger charge is 2.36. The zero-order valence-corrected chi connectivity index (χ0v) is 12.5. The maximum absolute atomic E-state index is 13.1. The number of carbonyl (C=O) groups is 1. The molecule has 1 aromatic carbocycles. The Morgan fingerprint density at radius 3 is 2.68 bits per heavy atom. The summed E-state index contributed by atoms with van der Waals surface area (Å²) in [4.78, 5) is 14.1. The lowest BCUT2D eigenvalue weighted by Crippen LogP contribution is -2.37. The van der Waals surface area contributed by atoms with Crippen molar-refractivity contribution in [2.24, 2.45) is 5.92 Å². The van der Waals surface area contributed by atoms with Crippen LogP contribution in [-0.2, 0) is 10.9 Å². The quantitative estimate of drug-likeness (QED) is 0.831. The molecule has 0 spiro atoms. The number of amides is 1. The van der Waals surface area contributed by atoms with Crippen molar-refractivity contribution in [2.45, 2.75) is 25.9 Å². The zero-order valence-electron chi connectivity index (χ0n) is 12.5. The summed E-state index contributed by atoms with van der Waals surface area (Å²) in [7, 11) is 0. The number of hydrogen-bond acceptors (Lipinski definition) is 2. The molecular weight excluding hydrogens is 295 g/mol. The van der Waals surface area contributed by atoms with E-state index in [-0.39, 0.29) is 11.5 Å². The molecule has 0 bridgehead atoms. The molecule has 1 aliphatic heterocycles. The van der Waals surface area contributed by atoms with E-state index in [1.807, 2.05) is 6.92 Å². The first-order valence-corrected chi connectivity index (χ1v) is 7.46. The van der Waals surface area contributed by atoms with Crippen molar-refractivity contribution in [3.8, 4) is 0 Å². The van der Waals surface area contributed by atoms with E-state index >= 15 is 0 Å². The van der Waals surface area contributed by atoms with E-state index in [1.165, 1.54) is 23.1 Å². The van der Waals surface area contributed by atoms with Crippen LogP contribution < -0.4 is 0 Å². The van der Waals surface area contributed by atoms with Crippen molar-refractivity contribution in [3.63, 3.8) is 0 Å². The molecule has 1 amide bonds. The predicted octanol–water partition coefficient (Wildman–Crippen LogP) is 3.59. The lowest BCUT2D eigenvalue weighted by Gasteiger charge is -2.26. The summed E-state index contributed by atoms with van der Waals surface area (Å²) in [6, 6.07) is 4.97. The van der Waals surface area contributed by atoms with Gasteiger partial charge < -0.3 is 9.64 Å². The molecule has 6 heteroatoms. The first kappa shape index (κ1) is 16.8. The van der Waals surface area contributed by atoms with Gasteiger partial charge >= 0.3 is 6.18 Å². The van der Waals surface area contributed by atoms with Gasteiger partial charge in [-0.15, -0.1) is 0 Å². The number of hydrogen-bond donors (Lipinski definition) is 0. The summed E-state index contributed by atoms with van der Waals surface area (Å²) >= 11 is 0. The van der Waals surface area contributed by atoms with Crippen LogP contribution in [0.5, 0.6) is 0 Å². The fourth-order valence-corrected chi connectivity index (χ4v) is 2.67. The van der Waals surface area contributed by atoms with Gasteiger partial charge in [0.15, 0.2) is 0 Å². The minimum absolute atomic E-state index is 0.202. The molecule has 1 atom stereocenters. The molecule has 22 heavy (non-hydrogen) atoms. The van der Waals surface area contributed by atoms with Gasteiger partial charge in [-0.1, -0.05) is 19.1 Å². The van der Waals surface area contributed by atoms with E-state index in [0.717, 1.165) is 12.5 Å². The Balaban J connectivity index is 2.23. The number of nitrogens with zero attached hydrogens (tertiary/aromatic N) is 1. The molecule has 1 heterocycles. The molecule has 0 radical (unpaired) electrons. The van der Waals surface area contributed by atoms with Crippen molar-refractivity contribution in [2.75, 3.05) is 26.3 Å². The molecule has 1 saturated heterocycles. The number of carbonyl (C=O) groups excluding carboxylic acids is 1. The Labute approximate surface area is 128 Å². The van der Waals surface area contributed by atoms with E-state index in [9.17, 15) is 18.0 Å². The fraction of sp³-hybridized carbons (Fsp3) is 0.562. The molecule has 1 aliphatic rings. The van der Waals surface area contributed by atoms with Crippen molar-refractivity contribution in [1.29, 1.82) is 0 Å². The number of rotatable bonds is 5. The van der Waals surface area contributed by atoms with Gasteiger partial charge in [-0.2, -0.15) is 13.2 Å². The first-order chi connectivity index (χ1) is 10.4. The van der Waals surface area contributed by atoms with E-state index in [0.29, 0.717) is 32.7 Å². The second kappa shape index (κ2) is 7.13. The summed E-state index contributed by atoms with van der Waals surface area (Å²) in [5.41, 5.74) is -1.15. The van der Waals surface area contributed by atoms with Crippen molar-refractivity contribution in [3.05, 3.63) is 35.4 Å². The van der Waals surface area contributed by atoms with Gasteiger partial charge in [-0.3, -0.25) is 4.79 Å². The number of ether oxygens (including phenoxy) is 1. The average Bonchev–Trinajstić information content (AvgIpc) is 2.98. The smallest absolute Gasteiger partial charge is 0.381 e. The molecule has 0 saturated carbocycles. The molecule has 0 aliphatic carbocycles. The minimum Gasteiger partial charge on any atom is -0.381 e. The van der Waals surface area contributed by atoms with E-state index in [2.05, 4.69) is 0 Å². The van der Waals surface area contributed by atoms with Crippen LogP contribution in [0.15, 0.2) is 24.3 Å². The van der Waals surface area contributed by atoms with Crippen LogP contribution in [-0.4, -0.2) is 37.1 Å². The van der Waals surface area contributed by atoms with Crippen LogP contribution in [0.25, 0.3) is 0 Å². The maximum Gasteiger partial charge on any atom is 0.417 e. The van der Waals surface area contributed by atoms with Crippen LogP contribution in [0.2, 0.25) is 0 Å². The third kappa shape index (κ3) is 4.00. The third-order valence-electron chi connectivity index (χ3n) is 3.75. The monoisotopic (exact) mass is 315 g/mol. The number of halogens is 3. The Morgan fingerprint density at radius 1 is 1.36 bits per heavy atom. The van der Waals surface area contributed by atoms with Gasteiger partial charge in [0.25, 0.3) is 5.91 Å². The molecule has 1 unspecified atom stereocenters. The third-order valence-corrected chi connectivity index (χ3v) is 3.75. The number of alkyl halides is 3. The van der Waals surface area contributed by atoms with Crippen molar-refractivity contribution < 1.29 is 22.7 Å². The summed E-state index contributed by atoms with van der Waals surface area (Å²) in [6.45, 7) is 4.01. The zero-order chi connectivity index (χ0) is 16.2. The van der Waals surface area contributed by atoms with Crippen LogP contribution in [0.1, 0.15) is 35.7 Å². The van der Waals surface area contributed by atoms with Gasteiger partial charge in [-0.05, 0) is 25.0 Å². The summed E-state index contributed by atoms with van der Waals surface area (Å²) in [5.74, 6) is -0.352. The van der Waals surface area contributed by atoms with Crippen molar-refractivity contribution >= 4 is 5.91 Å². The minimum atomic E-state index is -4.53. The summed E-state index contributed by atoms with van der Waals surface area (Å²) in [6.07, 6.45) is -2.98. The fourth-order valence-electron chi connectivity index (χ4n) is 2.67. The highest BCUT2D eigenvalue weighted by molar-refractivity contribution is 5.96. The van der Waals surface area contributed by atoms with Gasteiger partial charge in [-0.25, -0.2) is 0 Å². The number of benzene rings is 1. The maximum atomic E-state index is 13.1. The lowest BCUT2D eigenvalue weighted by molar-refractivity contribution is -0.138. The predicted molar refractivity (Wildman–Crippen MR) is 76.6 cm³/mol. The van der Waals surface area contributed by atoms with E-state index in [1.54, 1.807) is 0 Å². The van der Waals surface area contributed by atoms with Crippen LogP contribution in [0.3, 0.4) is 0 Å². The molecule has 2 rings (SSSR count). The van der Waals surface area contributed by atoms with Gasteiger partial charge in [0.05, 0.1) is 17.7 Å². The molecule has 1 aromatic rings. The second-order valence-corrected chi connectivity index (χ2v) is 5.52. The molecule has 3 nitrogen and oxygen atoms in total. The summed E-state index contributed by atoms with van der Waals surface area (Å²) < 4.78 is 44.5. The van der Waals surface area contributed by atoms with Gasteiger partial charge in [0.2, 0.25) is 0 Å². The Morgan fingerprint density at radius 2 is 2.09 bits per heavy atom. The normalized spacial score (nSPS) is 18.5. The Kier molecular flexibility index (Phi) is 5.45. The standard InChI is InChI=1S/C16H20F3NO2/c1-2-8-20(10-12-7-9-22-11-12)15(21)13-5-3-4-6-14(13)16(17,18)19/h3-6,12H,2,7-11H2,1H3. The second-order valence-electron chi connectivity index (χ2n) is 5.52. The van der Waals surface area contributed by atoms with E-state index < -0.39 is 17.6 Å². The van der Waals surface area contributed by atoms with Gasteiger partial charge in [0.1, 0.15) is 0 Å². The first-order valence-electron chi connectivity index (χ1n) is 7.46. The van der Waals surface area contributed by atoms with Crippen LogP contribution >= 0.6 is 0 Å². The van der Waals surface area contributed by atoms with Crippen molar-refractivity contribution in [1.82, 2.24) is 4.90 Å². The average molecular weight is 315 g/mol. The molecule has 122 valence electrons. The topological polar surface area (TPSA) is 29.5 Å². The van der Waals surface area contributed by atoms with E-state index in [4.69, 9.17) is 4.74 Å². The van der Waals surface area contributed by atoms with Crippen LogP contribution in [0, 0.1) is 5.92 Å². The molecular formula is C16H20F3NO2. The van der Waals surface area contributed by atoms with Crippen LogP contribution in [0.4, 0.5) is 13.2 Å². The van der Waals surface area contributed by atoms with Gasteiger partial charge in [0, 0.05) is 25.6 Å². The molecule has 0 aromatic heterocycles.